The van der Waals surface area contributed by atoms with Crippen molar-refractivity contribution in [3.8, 4) is 0 Å². The van der Waals surface area contributed by atoms with Gasteiger partial charge in [-0.1, -0.05) is 54.2 Å². The van der Waals surface area contributed by atoms with Crippen molar-refractivity contribution in [1.29, 1.82) is 0 Å². The fourth-order valence-corrected chi connectivity index (χ4v) is 4.57. The number of nitrogens with one attached hydrogen (secondary N) is 1. The SMILES string of the molecule is O=C1CCC=C2Nc3nc(SCc4ccccc4)nn3[C@@H](c3ccccn3)[C@H]12. The number of benzene rings is 1. The van der Waals surface area contributed by atoms with Crippen LogP contribution in [0.3, 0.4) is 0 Å². The van der Waals surface area contributed by atoms with E-state index >= 15 is 0 Å². The Hall–Kier alpha value is -2.93. The lowest BCUT2D eigenvalue weighted by molar-refractivity contribution is -0.123. The fraction of sp³-hybridized carbons (Fsp3) is 0.238. The molecule has 1 aromatic carbocycles. The molecule has 1 N–H and O–H groups in total. The van der Waals surface area contributed by atoms with Gasteiger partial charge in [-0.15, -0.1) is 5.10 Å². The zero-order valence-corrected chi connectivity index (χ0v) is 16.0. The van der Waals surface area contributed by atoms with Crippen LogP contribution in [0.25, 0.3) is 0 Å². The first-order chi connectivity index (χ1) is 13.8. The Morgan fingerprint density at radius 1 is 1.14 bits per heavy atom. The molecule has 0 amide bonds. The number of hydrogen-bond acceptors (Lipinski definition) is 6. The molecule has 2 atom stereocenters. The highest BCUT2D eigenvalue weighted by molar-refractivity contribution is 7.98. The van der Waals surface area contributed by atoms with Gasteiger partial charge < -0.3 is 5.32 Å². The second-order valence-corrected chi connectivity index (χ2v) is 7.85. The molecule has 0 radical (unpaired) electrons. The first-order valence-corrected chi connectivity index (χ1v) is 10.3. The van der Waals surface area contributed by atoms with Crippen molar-refractivity contribution in [2.24, 2.45) is 5.92 Å². The van der Waals surface area contributed by atoms with Gasteiger partial charge in [0.25, 0.3) is 0 Å². The number of Topliss-reactive ketones (excluding diaryl/α,β-unsaturated/α-hetero) is 1. The molecule has 0 fully saturated rings. The van der Waals surface area contributed by atoms with Crippen LogP contribution in [0.5, 0.6) is 0 Å². The maximum absolute atomic E-state index is 12.8. The van der Waals surface area contributed by atoms with Gasteiger partial charge in [0.2, 0.25) is 11.1 Å². The minimum atomic E-state index is -0.287. The number of carbonyl (C=O) groups is 1. The van der Waals surface area contributed by atoms with Crippen LogP contribution in [0, 0.1) is 5.92 Å². The first-order valence-electron chi connectivity index (χ1n) is 9.33. The number of nitrogens with zero attached hydrogens (tertiary/aromatic N) is 4. The summed E-state index contributed by atoms with van der Waals surface area (Å²) in [6.07, 6.45) is 5.18. The minimum Gasteiger partial charge on any atom is -0.328 e. The number of hydrogen-bond donors (Lipinski definition) is 1. The highest BCUT2D eigenvalue weighted by atomic mass is 32.2. The molecule has 5 rings (SSSR count). The zero-order chi connectivity index (χ0) is 18.9. The summed E-state index contributed by atoms with van der Waals surface area (Å²) in [4.78, 5) is 22.0. The van der Waals surface area contributed by atoms with Crippen LogP contribution in [-0.2, 0) is 10.5 Å². The number of rotatable bonds is 4. The number of allylic oxidation sites excluding steroid dienone is 2. The highest BCUT2D eigenvalue weighted by Crippen LogP contribution is 2.41. The van der Waals surface area contributed by atoms with E-state index in [0.717, 1.165) is 23.6 Å². The van der Waals surface area contributed by atoms with E-state index in [-0.39, 0.29) is 17.7 Å². The van der Waals surface area contributed by atoms with E-state index in [1.54, 1.807) is 18.0 Å². The second kappa shape index (κ2) is 7.24. The number of carbonyl (C=O) groups excluding carboxylic acids is 1. The molecule has 1 aliphatic carbocycles. The Kier molecular flexibility index (Phi) is 4.44. The van der Waals surface area contributed by atoms with Gasteiger partial charge in [0, 0.05) is 24.1 Å². The van der Waals surface area contributed by atoms with Gasteiger partial charge in [-0.3, -0.25) is 9.78 Å². The summed E-state index contributed by atoms with van der Waals surface area (Å²) in [7, 11) is 0. The number of aromatic nitrogens is 4. The summed E-state index contributed by atoms with van der Waals surface area (Å²) in [5.41, 5.74) is 2.98. The quantitative estimate of drug-likeness (QED) is 0.684. The predicted molar refractivity (Wildman–Crippen MR) is 108 cm³/mol. The molecule has 28 heavy (non-hydrogen) atoms. The molecule has 0 bridgehead atoms. The molecular formula is C21H19N5OS. The summed E-state index contributed by atoms with van der Waals surface area (Å²) < 4.78 is 1.83. The van der Waals surface area contributed by atoms with Gasteiger partial charge in [-0.05, 0) is 24.1 Å². The maximum Gasteiger partial charge on any atom is 0.227 e. The van der Waals surface area contributed by atoms with Gasteiger partial charge in [0.1, 0.15) is 11.8 Å². The number of anilines is 1. The summed E-state index contributed by atoms with van der Waals surface area (Å²) in [6, 6.07) is 15.8. The second-order valence-electron chi connectivity index (χ2n) is 6.90. The van der Waals surface area contributed by atoms with E-state index in [0.29, 0.717) is 17.5 Å². The van der Waals surface area contributed by atoms with E-state index in [1.165, 1.54) is 5.56 Å². The van der Waals surface area contributed by atoms with Gasteiger partial charge in [-0.2, -0.15) is 4.98 Å². The largest absolute Gasteiger partial charge is 0.328 e. The molecule has 0 saturated heterocycles. The van der Waals surface area contributed by atoms with E-state index < -0.39 is 0 Å². The number of ketones is 1. The topological polar surface area (TPSA) is 72.7 Å². The lowest BCUT2D eigenvalue weighted by Gasteiger charge is -2.35. The molecule has 0 saturated carbocycles. The van der Waals surface area contributed by atoms with Crippen LogP contribution in [0.4, 0.5) is 5.95 Å². The van der Waals surface area contributed by atoms with Gasteiger partial charge in [-0.25, -0.2) is 4.68 Å². The molecule has 2 aliphatic rings. The molecule has 3 heterocycles. The Labute approximate surface area is 167 Å². The first kappa shape index (κ1) is 17.2. The molecule has 140 valence electrons. The van der Waals surface area contributed by atoms with Crippen molar-refractivity contribution in [2.45, 2.75) is 29.8 Å². The summed E-state index contributed by atoms with van der Waals surface area (Å²) in [5.74, 6) is 1.40. The van der Waals surface area contributed by atoms with Crippen molar-refractivity contribution in [3.05, 3.63) is 77.8 Å². The van der Waals surface area contributed by atoms with Gasteiger partial charge in [0.05, 0.1) is 11.6 Å². The Balaban J connectivity index is 1.51. The molecule has 2 aromatic heterocycles. The number of fused-ring (bicyclic) bond motifs is 2. The van der Waals surface area contributed by atoms with Crippen LogP contribution < -0.4 is 5.32 Å². The van der Waals surface area contributed by atoms with E-state index in [4.69, 9.17) is 5.10 Å². The lowest BCUT2D eigenvalue weighted by atomic mass is 9.82. The van der Waals surface area contributed by atoms with Crippen molar-refractivity contribution >= 4 is 23.5 Å². The van der Waals surface area contributed by atoms with Crippen LogP contribution in [-0.4, -0.2) is 25.5 Å². The van der Waals surface area contributed by atoms with Crippen molar-refractivity contribution in [3.63, 3.8) is 0 Å². The van der Waals surface area contributed by atoms with Crippen LogP contribution in [0.1, 0.15) is 30.1 Å². The van der Waals surface area contributed by atoms with E-state index in [2.05, 4.69) is 33.5 Å². The molecule has 7 heteroatoms. The predicted octanol–water partition coefficient (Wildman–Crippen LogP) is 3.84. The van der Waals surface area contributed by atoms with Crippen LogP contribution >= 0.6 is 11.8 Å². The van der Waals surface area contributed by atoms with Crippen LogP contribution in [0.2, 0.25) is 0 Å². The zero-order valence-electron chi connectivity index (χ0n) is 15.2. The third-order valence-electron chi connectivity index (χ3n) is 5.09. The highest BCUT2D eigenvalue weighted by Gasteiger charge is 2.42. The Morgan fingerprint density at radius 2 is 2.00 bits per heavy atom. The molecule has 3 aromatic rings. The Morgan fingerprint density at radius 3 is 2.82 bits per heavy atom. The van der Waals surface area contributed by atoms with Crippen molar-refractivity contribution < 1.29 is 4.79 Å². The van der Waals surface area contributed by atoms with Gasteiger partial charge >= 0.3 is 0 Å². The third kappa shape index (κ3) is 3.11. The summed E-state index contributed by atoms with van der Waals surface area (Å²) >= 11 is 1.59. The summed E-state index contributed by atoms with van der Waals surface area (Å²) in [6.45, 7) is 0. The molecular weight excluding hydrogens is 370 g/mol. The maximum atomic E-state index is 12.8. The van der Waals surface area contributed by atoms with Crippen molar-refractivity contribution in [2.75, 3.05) is 5.32 Å². The molecule has 1 aliphatic heterocycles. The number of thioether (sulfide) groups is 1. The minimum absolute atomic E-state index is 0.222. The average molecular weight is 389 g/mol. The normalized spacial score (nSPS) is 20.7. The van der Waals surface area contributed by atoms with Crippen molar-refractivity contribution in [1.82, 2.24) is 19.7 Å². The third-order valence-corrected chi connectivity index (χ3v) is 5.99. The van der Waals surface area contributed by atoms with E-state index in [1.807, 2.05) is 41.1 Å². The van der Waals surface area contributed by atoms with E-state index in [9.17, 15) is 4.79 Å². The fourth-order valence-electron chi connectivity index (χ4n) is 3.78. The summed E-state index contributed by atoms with van der Waals surface area (Å²) in [5, 5.41) is 8.77. The molecule has 0 unspecified atom stereocenters. The Bertz CT molecular complexity index is 1030. The number of pyridine rings is 1. The smallest absolute Gasteiger partial charge is 0.227 e. The average Bonchev–Trinajstić information content (AvgIpc) is 3.15. The standard InChI is InChI=1S/C21H19N5OS/c27-17-11-6-10-15-18(17)19(16-9-4-5-12-22-16)26-20(23-15)24-21(25-26)28-13-14-7-2-1-3-8-14/h1-5,7-10,12,18-19H,6,11,13H2,(H,23,24,25)/t18-,19-/m0/s1. The van der Waals surface area contributed by atoms with Gasteiger partial charge in [0.15, 0.2) is 0 Å². The molecule has 6 nitrogen and oxygen atoms in total. The lowest BCUT2D eigenvalue weighted by Crippen LogP contribution is -2.39. The monoisotopic (exact) mass is 389 g/mol. The molecule has 0 spiro atoms. The van der Waals surface area contributed by atoms with Crippen LogP contribution in [0.15, 0.2) is 71.7 Å².